The van der Waals surface area contributed by atoms with Crippen molar-refractivity contribution in [1.82, 2.24) is 9.88 Å². The molecule has 0 saturated carbocycles. The number of nitrogens with zero attached hydrogens (tertiary/aromatic N) is 1. The van der Waals surface area contributed by atoms with E-state index in [0.717, 1.165) is 29.7 Å². The lowest BCUT2D eigenvalue weighted by Crippen LogP contribution is -3.15. The molecule has 2 N–H and O–H groups in total. The normalized spacial score (nSPS) is 15.4. The summed E-state index contributed by atoms with van der Waals surface area (Å²) < 4.78 is 10.2. The van der Waals surface area contributed by atoms with Crippen LogP contribution in [0.25, 0.3) is 10.9 Å². The van der Waals surface area contributed by atoms with E-state index in [1.807, 2.05) is 18.2 Å². The van der Waals surface area contributed by atoms with Gasteiger partial charge in [-0.25, -0.2) is 4.79 Å². The second-order valence-electron chi connectivity index (χ2n) is 6.15. The highest BCUT2D eigenvalue weighted by atomic mass is 16.6. The molecule has 0 atom stereocenters. The molecule has 1 aliphatic rings. The number of Topliss-reactive ketones (excluding diaryl/α,β-unsaturated/α-hetero) is 1. The van der Waals surface area contributed by atoms with Crippen LogP contribution in [0.1, 0.15) is 17.3 Å². The summed E-state index contributed by atoms with van der Waals surface area (Å²) in [7, 11) is 1.62. The minimum Gasteiger partial charge on any atom is -0.497 e. The van der Waals surface area contributed by atoms with E-state index in [9.17, 15) is 9.59 Å². The Balaban J connectivity index is 1.61. The second kappa shape index (κ2) is 7.57. The van der Waals surface area contributed by atoms with Crippen molar-refractivity contribution in [1.29, 1.82) is 0 Å². The van der Waals surface area contributed by atoms with Gasteiger partial charge in [0.05, 0.1) is 39.9 Å². The molecule has 2 heterocycles. The SMILES string of the molecule is CCOC(=O)N1CC[NH+](CC(=O)c2c[nH]c3cc(OC)ccc23)CC1. The fourth-order valence-electron chi connectivity index (χ4n) is 3.18. The van der Waals surface area contributed by atoms with Crippen molar-refractivity contribution in [2.75, 3.05) is 46.4 Å². The number of carbonyl (C=O) groups is 2. The first-order chi connectivity index (χ1) is 12.1. The summed E-state index contributed by atoms with van der Waals surface area (Å²) in [4.78, 5) is 30.4. The first kappa shape index (κ1) is 17.3. The minimum atomic E-state index is -0.265. The van der Waals surface area contributed by atoms with Crippen LogP contribution in [0.4, 0.5) is 4.79 Å². The van der Waals surface area contributed by atoms with Crippen molar-refractivity contribution in [3.63, 3.8) is 0 Å². The molecule has 0 aliphatic carbocycles. The highest BCUT2D eigenvalue weighted by Gasteiger charge is 2.26. The molecule has 1 aromatic carbocycles. The third-order valence-electron chi connectivity index (χ3n) is 4.60. The Bertz CT molecular complexity index is 763. The zero-order chi connectivity index (χ0) is 17.8. The van der Waals surface area contributed by atoms with Crippen molar-refractivity contribution in [3.05, 3.63) is 30.0 Å². The molecule has 3 rings (SSSR count). The number of piperazine rings is 1. The molecule has 25 heavy (non-hydrogen) atoms. The summed E-state index contributed by atoms with van der Waals surface area (Å²) in [6, 6.07) is 5.65. The highest BCUT2D eigenvalue weighted by Crippen LogP contribution is 2.23. The average molecular weight is 346 g/mol. The Morgan fingerprint density at radius 1 is 1.28 bits per heavy atom. The molecule has 0 spiro atoms. The van der Waals surface area contributed by atoms with Gasteiger partial charge in [-0.05, 0) is 19.1 Å². The number of ether oxygens (including phenoxy) is 2. The highest BCUT2D eigenvalue weighted by molar-refractivity contribution is 6.08. The number of aromatic amines is 1. The predicted molar refractivity (Wildman–Crippen MR) is 93.3 cm³/mol. The van der Waals surface area contributed by atoms with Crippen LogP contribution >= 0.6 is 0 Å². The number of nitrogens with one attached hydrogen (secondary N) is 2. The molecular weight excluding hydrogens is 322 g/mol. The molecule has 1 saturated heterocycles. The van der Waals surface area contributed by atoms with Gasteiger partial charge in [-0.3, -0.25) is 9.69 Å². The van der Waals surface area contributed by atoms with E-state index in [0.29, 0.717) is 31.8 Å². The molecule has 7 heteroatoms. The van der Waals surface area contributed by atoms with Gasteiger partial charge in [-0.2, -0.15) is 0 Å². The van der Waals surface area contributed by atoms with Gasteiger partial charge in [-0.1, -0.05) is 0 Å². The fraction of sp³-hybridized carbons (Fsp3) is 0.444. The third-order valence-corrected chi connectivity index (χ3v) is 4.60. The first-order valence-corrected chi connectivity index (χ1v) is 8.56. The van der Waals surface area contributed by atoms with E-state index in [-0.39, 0.29) is 11.9 Å². The summed E-state index contributed by atoms with van der Waals surface area (Å²) in [5.74, 6) is 0.866. The molecule has 1 aromatic heterocycles. The number of hydrogen-bond acceptors (Lipinski definition) is 4. The van der Waals surface area contributed by atoms with Crippen LogP contribution in [0, 0.1) is 0 Å². The smallest absolute Gasteiger partial charge is 0.410 e. The standard InChI is InChI=1S/C18H23N3O4/c1-3-25-18(23)21-8-6-20(7-9-21)12-17(22)15-11-19-16-10-13(24-2)4-5-14(15)16/h4-5,10-11,19H,3,6-9,12H2,1-2H3/p+1. The maximum atomic E-state index is 12.7. The number of hydrogen-bond donors (Lipinski definition) is 2. The lowest BCUT2D eigenvalue weighted by Gasteiger charge is -2.31. The minimum absolute atomic E-state index is 0.107. The predicted octanol–water partition coefficient (Wildman–Crippen LogP) is 0.716. The maximum Gasteiger partial charge on any atom is 0.410 e. The summed E-state index contributed by atoms with van der Waals surface area (Å²) >= 11 is 0. The molecule has 0 bridgehead atoms. The Kier molecular flexibility index (Phi) is 5.23. The van der Waals surface area contributed by atoms with Crippen LogP contribution in [0.2, 0.25) is 0 Å². The van der Waals surface area contributed by atoms with Gasteiger partial charge in [0.25, 0.3) is 0 Å². The van der Waals surface area contributed by atoms with Gasteiger partial charge in [0.15, 0.2) is 0 Å². The van der Waals surface area contributed by atoms with E-state index < -0.39 is 0 Å². The number of methoxy groups -OCH3 is 1. The molecular formula is C18H24N3O4+. The second-order valence-corrected chi connectivity index (χ2v) is 6.15. The first-order valence-electron chi connectivity index (χ1n) is 8.56. The summed E-state index contributed by atoms with van der Waals surface area (Å²) in [5, 5.41) is 0.912. The van der Waals surface area contributed by atoms with Crippen LogP contribution in [-0.2, 0) is 4.74 Å². The number of H-pyrrole nitrogens is 1. The van der Waals surface area contributed by atoms with E-state index in [4.69, 9.17) is 9.47 Å². The van der Waals surface area contributed by atoms with Crippen LogP contribution in [-0.4, -0.2) is 68.2 Å². The van der Waals surface area contributed by atoms with Gasteiger partial charge in [0.2, 0.25) is 5.78 Å². The number of rotatable bonds is 5. The van der Waals surface area contributed by atoms with Gasteiger partial charge in [0, 0.05) is 28.7 Å². The zero-order valence-corrected chi connectivity index (χ0v) is 14.6. The number of carbonyl (C=O) groups excluding carboxylic acids is 2. The Morgan fingerprint density at radius 2 is 2.04 bits per heavy atom. The van der Waals surface area contributed by atoms with E-state index >= 15 is 0 Å². The van der Waals surface area contributed by atoms with Crippen molar-refractivity contribution in [2.24, 2.45) is 0 Å². The molecule has 1 amide bonds. The average Bonchev–Trinajstić information content (AvgIpc) is 3.05. The Hall–Kier alpha value is -2.54. The van der Waals surface area contributed by atoms with Gasteiger partial charge in [-0.15, -0.1) is 0 Å². The van der Waals surface area contributed by atoms with Crippen LogP contribution in [0.3, 0.4) is 0 Å². The monoisotopic (exact) mass is 346 g/mol. The molecule has 1 fully saturated rings. The van der Waals surface area contributed by atoms with Crippen LogP contribution < -0.4 is 9.64 Å². The van der Waals surface area contributed by atoms with E-state index in [1.54, 1.807) is 25.1 Å². The summed E-state index contributed by atoms with van der Waals surface area (Å²) in [5.41, 5.74) is 1.60. The van der Waals surface area contributed by atoms with E-state index in [1.165, 1.54) is 4.90 Å². The number of aromatic nitrogens is 1. The Labute approximate surface area is 146 Å². The van der Waals surface area contributed by atoms with Gasteiger partial charge < -0.3 is 19.4 Å². The van der Waals surface area contributed by atoms with E-state index in [2.05, 4.69) is 4.98 Å². The molecule has 2 aromatic rings. The van der Waals surface area contributed by atoms with Crippen molar-refractivity contribution >= 4 is 22.8 Å². The van der Waals surface area contributed by atoms with Crippen molar-refractivity contribution in [3.8, 4) is 5.75 Å². The lowest BCUT2D eigenvalue weighted by atomic mass is 10.1. The zero-order valence-electron chi connectivity index (χ0n) is 14.6. The van der Waals surface area contributed by atoms with Crippen LogP contribution in [0.15, 0.2) is 24.4 Å². The van der Waals surface area contributed by atoms with Crippen molar-refractivity contribution in [2.45, 2.75) is 6.92 Å². The number of fused-ring (bicyclic) bond motifs is 1. The summed E-state index contributed by atoms with van der Waals surface area (Å²) in [6.07, 6.45) is 1.50. The lowest BCUT2D eigenvalue weighted by molar-refractivity contribution is -0.895. The maximum absolute atomic E-state index is 12.7. The van der Waals surface area contributed by atoms with Gasteiger partial charge >= 0.3 is 6.09 Å². The molecule has 0 unspecified atom stereocenters. The topological polar surface area (TPSA) is 76.1 Å². The number of ketones is 1. The van der Waals surface area contributed by atoms with Gasteiger partial charge in [0.1, 0.15) is 12.3 Å². The number of benzene rings is 1. The number of amides is 1. The largest absolute Gasteiger partial charge is 0.497 e. The fourth-order valence-corrected chi connectivity index (χ4v) is 3.18. The summed E-state index contributed by atoms with van der Waals surface area (Å²) in [6.45, 7) is 5.35. The quantitative estimate of drug-likeness (QED) is 0.782. The number of quaternary nitrogens is 1. The Morgan fingerprint density at radius 3 is 2.72 bits per heavy atom. The molecule has 7 nitrogen and oxygen atoms in total. The molecule has 1 aliphatic heterocycles. The molecule has 0 radical (unpaired) electrons. The van der Waals surface area contributed by atoms with Crippen LogP contribution in [0.5, 0.6) is 5.75 Å². The molecule has 134 valence electrons. The van der Waals surface area contributed by atoms with Crippen molar-refractivity contribution < 1.29 is 24.0 Å². The third kappa shape index (κ3) is 3.76.